The number of hydrogen-bond donors (Lipinski definition) is 0. The second-order valence-electron chi connectivity index (χ2n) is 9.75. The number of nitrogens with zero attached hydrogens (tertiary/aromatic N) is 5. The Labute approximate surface area is 231 Å². The van der Waals surface area contributed by atoms with Crippen LogP contribution in [0.2, 0.25) is 0 Å². The Morgan fingerprint density at radius 3 is 2.29 bits per heavy atom. The molecule has 0 N–H and O–H groups in total. The zero-order chi connectivity index (χ0) is 29.6. The van der Waals surface area contributed by atoms with Crippen LogP contribution in [0.25, 0.3) is 16.9 Å². The predicted molar refractivity (Wildman–Crippen MR) is 137 cm³/mol. The molecule has 2 aromatic heterocycles. The third-order valence-electron chi connectivity index (χ3n) is 7.37. The summed E-state index contributed by atoms with van der Waals surface area (Å²) in [5.41, 5.74) is -1.24. The van der Waals surface area contributed by atoms with Crippen LogP contribution in [0.5, 0.6) is 5.75 Å². The molecule has 1 aliphatic heterocycles. The fourth-order valence-electron chi connectivity index (χ4n) is 5.15. The number of halogens is 6. The summed E-state index contributed by atoms with van der Waals surface area (Å²) in [6.07, 6.45) is -3.72. The van der Waals surface area contributed by atoms with Gasteiger partial charge in [0.15, 0.2) is 23.0 Å². The highest BCUT2D eigenvalue weighted by atomic mass is 19.4. The maximum absolute atomic E-state index is 14.3. The minimum atomic E-state index is -4.79. The van der Waals surface area contributed by atoms with E-state index in [-0.39, 0.29) is 54.2 Å². The van der Waals surface area contributed by atoms with Gasteiger partial charge in [0, 0.05) is 55.0 Å². The van der Waals surface area contributed by atoms with Gasteiger partial charge >= 0.3 is 6.18 Å². The number of amides is 1. The molecule has 216 valence electrons. The molecule has 1 saturated heterocycles. The number of fused-ring (bicyclic) bond motifs is 1. The number of carbonyl (C=O) groups excluding carboxylic acids is 1. The fourth-order valence-corrected chi connectivity index (χ4v) is 5.15. The van der Waals surface area contributed by atoms with E-state index in [1.54, 1.807) is 36.1 Å². The number of benzene rings is 2. The van der Waals surface area contributed by atoms with Crippen molar-refractivity contribution < 1.29 is 35.9 Å². The zero-order valence-electron chi connectivity index (χ0n) is 22.3. The molecule has 41 heavy (non-hydrogen) atoms. The van der Waals surface area contributed by atoms with Crippen molar-refractivity contribution in [3.8, 4) is 17.0 Å². The van der Waals surface area contributed by atoms with Crippen LogP contribution < -0.4 is 4.74 Å². The smallest absolute Gasteiger partial charge is 0.433 e. The van der Waals surface area contributed by atoms with E-state index in [0.29, 0.717) is 21.9 Å². The van der Waals surface area contributed by atoms with Gasteiger partial charge in [0.1, 0.15) is 17.1 Å². The van der Waals surface area contributed by atoms with Crippen LogP contribution in [0.1, 0.15) is 40.1 Å². The molecule has 7 nitrogen and oxygen atoms in total. The number of alkyl halides is 3. The van der Waals surface area contributed by atoms with Gasteiger partial charge in [0.2, 0.25) is 0 Å². The third kappa shape index (κ3) is 5.21. The molecule has 2 aromatic carbocycles. The van der Waals surface area contributed by atoms with Crippen LogP contribution in [0, 0.1) is 24.4 Å². The topological polar surface area (TPSA) is 63.0 Å². The first kappa shape index (κ1) is 28.4. The standard InChI is InChI=1S/C28H25F6N5O2/c1-15-24(17-4-6-19(41-3)7-5-17)36-26-21(14-35-39(26)25(15)28(32,33)34)27(40)38-10-8-37(9-11-38)16(2)20-12-18(29)13-22(30)23(20)31/h4-7,12-14,16H,8-11H2,1-3H3/t16-/m1/s1. The maximum Gasteiger partial charge on any atom is 0.433 e. The van der Waals surface area contributed by atoms with E-state index < -0.39 is 41.3 Å². The van der Waals surface area contributed by atoms with Crippen molar-refractivity contribution in [1.82, 2.24) is 24.4 Å². The van der Waals surface area contributed by atoms with Crippen LogP contribution in [-0.4, -0.2) is 63.6 Å². The molecule has 1 amide bonds. The molecule has 1 aliphatic rings. The van der Waals surface area contributed by atoms with Crippen LogP contribution in [-0.2, 0) is 6.18 Å². The van der Waals surface area contributed by atoms with Gasteiger partial charge in [-0.2, -0.15) is 18.3 Å². The predicted octanol–water partition coefficient (Wildman–Crippen LogP) is 5.67. The molecule has 3 heterocycles. The summed E-state index contributed by atoms with van der Waals surface area (Å²) in [6, 6.07) is 7.08. The van der Waals surface area contributed by atoms with E-state index in [2.05, 4.69) is 10.1 Å². The largest absolute Gasteiger partial charge is 0.497 e. The van der Waals surface area contributed by atoms with Crippen molar-refractivity contribution in [3.05, 3.63) is 82.4 Å². The number of piperazine rings is 1. The lowest BCUT2D eigenvalue weighted by molar-refractivity contribution is -0.143. The average Bonchev–Trinajstić information content (AvgIpc) is 3.36. The average molecular weight is 578 g/mol. The van der Waals surface area contributed by atoms with Crippen molar-refractivity contribution in [2.24, 2.45) is 0 Å². The first-order chi connectivity index (χ1) is 19.4. The molecule has 0 saturated carbocycles. The minimum absolute atomic E-state index is 0.0463. The molecule has 1 fully saturated rings. The molecule has 13 heteroatoms. The Balaban J connectivity index is 1.45. The van der Waals surface area contributed by atoms with Gasteiger partial charge in [-0.05, 0) is 44.2 Å². The lowest BCUT2D eigenvalue weighted by atomic mass is 10.0. The van der Waals surface area contributed by atoms with Crippen LogP contribution in [0.3, 0.4) is 0 Å². The van der Waals surface area contributed by atoms with E-state index in [1.165, 1.54) is 18.9 Å². The van der Waals surface area contributed by atoms with Gasteiger partial charge in [-0.1, -0.05) is 0 Å². The highest BCUT2D eigenvalue weighted by molar-refractivity contribution is 6.00. The van der Waals surface area contributed by atoms with Crippen molar-refractivity contribution in [2.75, 3.05) is 33.3 Å². The summed E-state index contributed by atoms with van der Waals surface area (Å²) < 4.78 is 90.2. The van der Waals surface area contributed by atoms with Gasteiger partial charge in [-0.3, -0.25) is 9.69 Å². The first-order valence-electron chi connectivity index (χ1n) is 12.7. The Hall–Kier alpha value is -4.13. The first-order valence-corrected chi connectivity index (χ1v) is 12.7. The van der Waals surface area contributed by atoms with Gasteiger partial charge < -0.3 is 9.64 Å². The van der Waals surface area contributed by atoms with Crippen LogP contribution >= 0.6 is 0 Å². The summed E-state index contributed by atoms with van der Waals surface area (Å²) in [6.45, 7) is 3.66. The van der Waals surface area contributed by atoms with Gasteiger partial charge in [-0.25, -0.2) is 22.7 Å². The quantitative estimate of drug-likeness (QED) is 0.226. The Morgan fingerprint density at radius 2 is 1.68 bits per heavy atom. The molecular weight excluding hydrogens is 552 g/mol. The molecule has 5 rings (SSSR count). The molecule has 0 unspecified atom stereocenters. The number of carbonyl (C=O) groups is 1. The summed E-state index contributed by atoms with van der Waals surface area (Å²) in [4.78, 5) is 21.1. The molecule has 0 bridgehead atoms. The SMILES string of the molecule is COc1ccc(-c2nc3c(C(=O)N4CCN([C@H](C)c5cc(F)cc(F)c5F)CC4)cnn3c(C(F)(F)F)c2C)cc1. The van der Waals surface area contributed by atoms with E-state index >= 15 is 0 Å². The van der Waals surface area contributed by atoms with Crippen molar-refractivity contribution in [1.29, 1.82) is 0 Å². The Morgan fingerprint density at radius 1 is 1.02 bits per heavy atom. The van der Waals surface area contributed by atoms with Crippen molar-refractivity contribution >= 4 is 11.6 Å². The van der Waals surface area contributed by atoms with E-state index in [4.69, 9.17) is 4.74 Å². The normalized spacial score (nSPS) is 15.4. The van der Waals surface area contributed by atoms with Gasteiger partial charge in [0.05, 0.1) is 19.0 Å². The Bertz CT molecular complexity index is 1610. The highest BCUT2D eigenvalue weighted by Gasteiger charge is 2.39. The highest BCUT2D eigenvalue weighted by Crippen LogP contribution is 2.37. The number of hydrogen-bond acceptors (Lipinski definition) is 5. The van der Waals surface area contributed by atoms with E-state index in [0.717, 1.165) is 12.3 Å². The molecule has 0 radical (unpaired) electrons. The van der Waals surface area contributed by atoms with Crippen molar-refractivity contribution in [3.63, 3.8) is 0 Å². The third-order valence-corrected chi connectivity index (χ3v) is 7.37. The Kier molecular flexibility index (Phi) is 7.41. The van der Waals surface area contributed by atoms with Gasteiger partial charge in [0.25, 0.3) is 5.91 Å². The summed E-state index contributed by atoms with van der Waals surface area (Å²) >= 11 is 0. The second-order valence-corrected chi connectivity index (χ2v) is 9.75. The molecule has 4 aromatic rings. The van der Waals surface area contributed by atoms with E-state index in [9.17, 15) is 31.1 Å². The summed E-state index contributed by atoms with van der Waals surface area (Å²) in [7, 11) is 1.47. The maximum atomic E-state index is 14.3. The fraction of sp³-hybridized carbons (Fsp3) is 0.321. The van der Waals surface area contributed by atoms with Crippen LogP contribution in [0.4, 0.5) is 26.3 Å². The summed E-state index contributed by atoms with van der Waals surface area (Å²) in [5.74, 6) is -3.38. The lowest BCUT2D eigenvalue weighted by Crippen LogP contribution is -2.49. The van der Waals surface area contributed by atoms with Crippen LogP contribution in [0.15, 0.2) is 42.6 Å². The van der Waals surface area contributed by atoms with E-state index in [1.807, 2.05) is 0 Å². The second kappa shape index (κ2) is 10.7. The molecule has 0 spiro atoms. The monoisotopic (exact) mass is 577 g/mol. The summed E-state index contributed by atoms with van der Waals surface area (Å²) in [5, 5.41) is 3.88. The number of methoxy groups -OCH3 is 1. The zero-order valence-corrected chi connectivity index (χ0v) is 22.3. The molecule has 0 aliphatic carbocycles. The lowest BCUT2D eigenvalue weighted by Gasteiger charge is -2.38. The number of rotatable bonds is 5. The molecular formula is C28H25F6N5O2. The van der Waals surface area contributed by atoms with Gasteiger partial charge in [-0.15, -0.1) is 0 Å². The van der Waals surface area contributed by atoms with Crippen molar-refractivity contribution in [2.45, 2.75) is 26.1 Å². The number of ether oxygens (including phenoxy) is 1. The number of aromatic nitrogens is 3. The molecule has 1 atom stereocenters. The minimum Gasteiger partial charge on any atom is -0.497 e.